The first kappa shape index (κ1) is 9.14. The van der Waals surface area contributed by atoms with Gasteiger partial charge in [-0.1, -0.05) is 6.92 Å². The predicted molar refractivity (Wildman–Crippen MR) is 42.1 cm³/mol. The molecule has 0 atom stereocenters. The van der Waals surface area contributed by atoms with E-state index in [1.807, 2.05) is 13.8 Å². The van der Waals surface area contributed by atoms with Gasteiger partial charge in [0.25, 0.3) is 0 Å². The summed E-state index contributed by atoms with van der Waals surface area (Å²) in [4.78, 5) is 16.3. The van der Waals surface area contributed by atoms with Gasteiger partial charge in [-0.05, 0) is 6.92 Å². The third kappa shape index (κ3) is 3.22. The highest BCUT2D eigenvalue weighted by molar-refractivity contribution is 5.86. The van der Waals surface area contributed by atoms with Gasteiger partial charge in [0, 0.05) is 20.0 Å². The Morgan fingerprint density at radius 3 is 2.60 bits per heavy atom. The summed E-state index contributed by atoms with van der Waals surface area (Å²) in [5.74, 6) is 0.0946. The normalized spacial score (nSPS) is 10.3. The lowest BCUT2D eigenvalue weighted by Crippen LogP contribution is -2.23. The molecule has 58 valence electrons. The Bertz CT molecular complexity index is 132. The van der Waals surface area contributed by atoms with E-state index < -0.39 is 0 Å². The van der Waals surface area contributed by atoms with E-state index in [1.165, 1.54) is 4.90 Å². The summed E-state index contributed by atoms with van der Waals surface area (Å²) in [6.45, 7) is 4.49. The zero-order valence-electron chi connectivity index (χ0n) is 6.79. The van der Waals surface area contributed by atoms with Crippen molar-refractivity contribution in [2.45, 2.75) is 20.3 Å². The quantitative estimate of drug-likeness (QED) is 0.425. The van der Waals surface area contributed by atoms with Crippen molar-refractivity contribution in [1.29, 1.82) is 0 Å². The molecule has 0 bridgehead atoms. The molecule has 0 aromatic carbocycles. The maximum absolute atomic E-state index is 10.9. The number of carbonyl (C=O) groups is 1. The van der Waals surface area contributed by atoms with Crippen molar-refractivity contribution < 1.29 is 4.79 Å². The van der Waals surface area contributed by atoms with Gasteiger partial charge in [0.15, 0.2) is 0 Å². The van der Waals surface area contributed by atoms with E-state index in [2.05, 4.69) is 4.99 Å². The van der Waals surface area contributed by atoms with Crippen LogP contribution in [0.4, 0.5) is 0 Å². The molecule has 0 rings (SSSR count). The average molecular weight is 142 g/mol. The van der Waals surface area contributed by atoms with Crippen molar-refractivity contribution in [2.24, 2.45) is 4.99 Å². The van der Waals surface area contributed by atoms with Crippen LogP contribution < -0.4 is 0 Å². The van der Waals surface area contributed by atoms with Crippen LogP contribution in [0.15, 0.2) is 4.99 Å². The first-order valence-corrected chi connectivity index (χ1v) is 3.48. The summed E-state index contributed by atoms with van der Waals surface area (Å²) in [6.07, 6.45) is 2.10. The average Bonchev–Trinajstić information content (AvgIpc) is 1.98. The van der Waals surface area contributed by atoms with Crippen molar-refractivity contribution in [3.63, 3.8) is 0 Å². The molecule has 0 aliphatic carbocycles. The van der Waals surface area contributed by atoms with Crippen LogP contribution in [0.3, 0.4) is 0 Å². The fourth-order valence-electron chi connectivity index (χ4n) is 0.518. The van der Waals surface area contributed by atoms with Crippen molar-refractivity contribution in [3.05, 3.63) is 0 Å². The first-order chi connectivity index (χ1) is 4.72. The highest BCUT2D eigenvalue weighted by Gasteiger charge is 1.99. The highest BCUT2D eigenvalue weighted by Crippen LogP contribution is 1.84. The fourth-order valence-corrected chi connectivity index (χ4v) is 0.518. The molecular weight excluding hydrogens is 128 g/mol. The summed E-state index contributed by atoms with van der Waals surface area (Å²) in [6, 6.07) is 0. The number of nitrogens with zero attached hydrogens (tertiary/aromatic N) is 2. The molecule has 0 radical (unpaired) electrons. The van der Waals surface area contributed by atoms with E-state index in [0.29, 0.717) is 6.42 Å². The van der Waals surface area contributed by atoms with Crippen LogP contribution in [0, 0.1) is 0 Å². The first-order valence-electron chi connectivity index (χ1n) is 3.48. The Kier molecular flexibility index (Phi) is 4.54. The summed E-state index contributed by atoms with van der Waals surface area (Å²) in [5, 5.41) is 0. The molecule has 0 aliphatic heterocycles. The molecule has 0 N–H and O–H groups in total. The van der Waals surface area contributed by atoms with Crippen LogP contribution in [0.2, 0.25) is 0 Å². The van der Waals surface area contributed by atoms with Crippen LogP contribution in [0.1, 0.15) is 20.3 Å². The molecule has 0 aliphatic rings. The Hall–Kier alpha value is -0.860. The maximum atomic E-state index is 10.9. The lowest BCUT2D eigenvalue weighted by atomic mass is 10.4. The molecule has 0 heterocycles. The van der Waals surface area contributed by atoms with Gasteiger partial charge in [-0.3, -0.25) is 9.79 Å². The lowest BCUT2D eigenvalue weighted by molar-refractivity contribution is -0.125. The molecule has 0 aromatic rings. The topological polar surface area (TPSA) is 32.7 Å². The van der Waals surface area contributed by atoms with Gasteiger partial charge in [-0.2, -0.15) is 0 Å². The molecule has 1 amide bonds. The van der Waals surface area contributed by atoms with E-state index in [4.69, 9.17) is 0 Å². The number of carbonyl (C=O) groups excluding carboxylic acids is 1. The predicted octanol–water partition coefficient (Wildman–Crippen LogP) is 0.903. The smallest absolute Gasteiger partial charge is 0.227 e. The maximum Gasteiger partial charge on any atom is 0.227 e. The molecule has 0 aromatic heterocycles. The van der Waals surface area contributed by atoms with E-state index in [-0.39, 0.29) is 5.91 Å². The fraction of sp³-hybridized carbons (Fsp3) is 0.714. The van der Waals surface area contributed by atoms with Crippen molar-refractivity contribution in [3.8, 4) is 0 Å². The number of rotatable bonds is 3. The van der Waals surface area contributed by atoms with Crippen LogP contribution in [0.25, 0.3) is 0 Å². The van der Waals surface area contributed by atoms with Gasteiger partial charge >= 0.3 is 0 Å². The number of aliphatic imine (C=N–C) groups is 1. The minimum atomic E-state index is 0.0946. The molecule has 3 heteroatoms. The molecule has 0 unspecified atom stereocenters. The molecule has 0 saturated carbocycles. The van der Waals surface area contributed by atoms with Gasteiger partial charge in [0.1, 0.15) is 0 Å². The Morgan fingerprint density at radius 2 is 2.20 bits per heavy atom. The van der Waals surface area contributed by atoms with Crippen LogP contribution in [-0.4, -0.2) is 30.7 Å². The van der Waals surface area contributed by atoms with Gasteiger partial charge < -0.3 is 4.90 Å². The second-order valence-corrected chi connectivity index (χ2v) is 1.97. The zero-order valence-corrected chi connectivity index (χ0v) is 6.79. The molecule has 3 nitrogen and oxygen atoms in total. The third-order valence-electron chi connectivity index (χ3n) is 1.13. The van der Waals surface area contributed by atoms with E-state index in [9.17, 15) is 4.79 Å². The minimum Gasteiger partial charge on any atom is -0.306 e. The van der Waals surface area contributed by atoms with Crippen LogP contribution >= 0.6 is 0 Å². The SMILES string of the molecule is CCN=CN(C)C(=O)CC. The van der Waals surface area contributed by atoms with Crippen LogP contribution in [0.5, 0.6) is 0 Å². The monoisotopic (exact) mass is 142 g/mol. The highest BCUT2D eigenvalue weighted by atomic mass is 16.2. The molecule has 10 heavy (non-hydrogen) atoms. The van der Waals surface area contributed by atoms with Crippen molar-refractivity contribution >= 4 is 12.2 Å². The second kappa shape index (κ2) is 4.97. The van der Waals surface area contributed by atoms with Gasteiger partial charge in [-0.15, -0.1) is 0 Å². The summed E-state index contributed by atoms with van der Waals surface area (Å²) < 4.78 is 0. The number of amides is 1. The standard InChI is InChI=1S/C7H14N2O/c1-4-7(10)9(3)6-8-5-2/h6H,4-5H2,1-3H3. The van der Waals surface area contributed by atoms with E-state index >= 15 is 0 Å². The van der Waals surface area contributed by atoms with Gasteiger partial charge in [-0.25, -0.2) is 0 Å². The van der Waals surface area contributed by atoms with Gasteiger partial charge in [0.05, 0.1) is 6.34 Å². The van der Waals surface area contributed by atoms with E-state index in [1.54, 1.807) is 13.4 Å². The van der Waals surface area contributed by atoms with Gasteiger partial charge in [0.2, 0.25) is 5.91 Å². The number of hydrogen-bond acceptors (Lipinski definition) is 2. The molecular formula is C7H14N2O. The summed E-state index contributed by atoms with van der Waals surface area (Å²) in [7, 11) is 1.71. The number of hydrogen-bond donors (Lipinski definition) is 0. The second-order valence-electron chi connectivity index (χ2n) is 1.97. The van der Waals surface area contributed by atoms with E-state index in [0.717, 1.165) is 6.54 Å². The Labute approximate surface area is 61.7 Å². The summed E-state index contributed by atoms with van der Waals surface area (Å²) >= 11 is 0. The summed E-state index contributed by atoms with van der Waals surface area (Å²) in [5.41, 5.74) is 0. The van der Waals surface area contributed by atoms with Crippen molar-refractivity contribution in [1.82, 2.24) is 4.90 Å². The molecule has 0 fully saturated rings. The van der Waals surface area contributed by atoms with Crippen LogP contribution in [-0.2, 0) is 4.79 Å². The molecule has 0 saturated heterocycles. The van der Waals surface area contributed by atoms with Crippen molar-refractivity contribution in [2.75, 3.05) is 13.6 Å². The minimum absolute atomic E-state index is 0.0946. The zero-order chi connectivity index (χ0) is 7.98. The Balaban J connectivity index is 3.72. The molecule has 0 spiro atoms. The third-order valence-corrected chi connectivity index (χ3v) is 1.13. The lowest BCUT2D eigenvalue weighted by Gasteiger charge is -2.07. The largest absolute Gasteiger partial charge is 0.306 e. The Morgan fingerprint density at radius 1 is 1.60 bits per heavy atom.